The van der Waals surface area contributed by atoms with E-state index >= 15 is 0 Å². The Morgan fingerprint density at radius 3 is 2.11 bits per heavy atom. The SMILES string of the molecule is CC[C@H](C)O[C@@H](CN(CC)S(C)(=O)=O)CP(C)(C)=O. The fourth-order valence-corrected chi connectivity index (χ4v) is 3.87. The first-order valence-electron chi connectivity index (χ1n) is 6.64. The first kappa shape index (κ1) is 19.1. The summed E-state index contributed by atoms with van der Waals surface area (Å²) in [6, 6.07) is 0. The average Bonchev–Trinajstić information content (AvgIpc) is 2.21. The van der Waals surface area contributed by atoms with Crippen molar-refractivity contribution >= 4 is 17.2 Å². The van der Waals surface area contributed by atoms with E-state index in [2.05, 4.69) is 0 Å². The lowest BCUT2D eigenvalue weighted by Crippen LogP contribution is -2.40. The normalized spacial score (nSPS) is 16.6. The van der Waals surface area contributed by atoms with E-state index in [1.165, 1.54) is 10.6 Å². The zero-order chi connectivity index (χ0) is 15.3. The van der Waals surface area contributed by atoms with Crippen LogP contribution in [0.3, 0.4) is 0 Å². The lowest BCUT2D eigenvalue weighted by Gasteiger charge is -2.28. The second-order valence-corrected chi connectivity index (χ2v) is 10.9. The molecule has 0 unspecified atom stereocenters. The van der Waals surface area contributed by atoms with Gasteiger partial charge in [0.25, 0.3) is 0 Å². The van der Waals surface area contributed by atoms with E-state index in [1.54, 1.807) is 20.3 Å². The van der Waals surface area contributed by atoms with Crippen molar-refractivity contribution in [3.8, 4) is 0 Å². The Morgan fingerprint density at radius 1 is 1.26 bits per heavy atom. The number of hydrogen-bond donors (Lipinski definition) is 0. The summed E-state index contributed by atoms with van der Waals surface area (Å²) in [5.74, 6) is 0. The monoisotopic (exact) mass is 313 g/mol. The molecule has 0 amide bonds. The summed E-state index contributed by atoms with van der Waals surface area (Å²) in [5.41, 5.74) is 0. The van der Waals surface area contributed by atoms with E-state index in [0.717, 1.165) is 6.42 Å². The molecule has 0 aromatic rings. The Bertz CT molecular complexity index is 404. The van der Waals surface area contributed by atoms with Gasteiger partial charge in [-0.15, -0.1) is 0 Å². The molecule has 2 atom stereocenters. The van der Waals surface area contributed by atoms with Crippen LogP contribution in [0.2, 0.25) is 0 Å². The van der Waals surface area contributed by atoms with Crippen LogP contribution in [-0.4, -0.2) is 63.8 Å². The van der Waals surface area contributed by atoms with Gasteiger partial charge in [-0.2, -0.15) is 4.31 Å². The highest BCUT2D eigenvalue weighted by molar-refractivity contribution is 7.88. The lowest BCUT2D eigenvalue weighted by molar-refractivity contribution is 0.000590. The Balaban J connectivity index is 4.88. The molecule has 19 heavy (non-hydrogen) atoms. The average molecular weight is 313 g/mol. The maximum absolute atomic E-state index is 12.0. The van der Waals surface area contributed by atoms with E-state index < -0.39 is 17.2 Å². The molecule has 0 bridgehead atoms. The van der Waals surface area contributed by atoms with Crippen LogP contribution >= 0.6 is 7.14 Å². The molecule has 0 aromatic carbocycles. The number of likely N-dealkylation sites (N-methyl/N-ethyl adjacent to an activating group) is 1. The molecule has 0 aliphatic heterocycles. The van der Waals surface area contributed by atoms with E-state index in [4.69, 9.17) is 4.74 Å². The van der Waals surface area contributed by atoms with Crippen LogP contribution in [0, 0.1) is 0 Å². The van der Waals surface area contributed by atoms with Crippen molar-refractivity contribution in [3.63, 3.8) is 0 Å². The lowest BCUT2D eigenvalue weighted by atomic mass is 10.3. The molecule has 0 aliphatic carbocycles. The molecule has 0 heterocycles. The number of sulfonamides is 1. The van der Waals surface area contributed by atoms with Crippen molar-refractivity contribution in [2.24, 2.45) is 0 Å². The van der Waals surface area contributed by atoms with Gasteiger partial charge in [0.15, 0.2) is 0 Å². The molecule has 0 radical (unpaired) electrons. The van der Waals surface area contributed by atoms with Gasteiger partial charge in [0, 0.05) is 19.3 Å². The fourth-order valence-electron chi connectivity index (χ4n) is 1.79. The highest BCUT2D eigenvalue weighted by atomic mass is 32.2. The molecule has 0 spiro atoms. The van der Waals surface area contributed by atoms with Gasteiger partial charge in [-0.1, -0.05) is 13.8 Å². The summed E-state index contributed by atoms with van der Waals surface area (Å²) in [4.78, 5) is 0. The summed E-state index contributed by atoms with van der Waals surface area (Å²) in [6.45, 7) is 9.82. The topological polar surface area (TPSA) is 63.7 Å². The minimum atomic E-state index is -3.24. The van der Waals surface area contributed by atoms with Crippen molar-refractivity contribution in [3.05, 3.63) is 0 Å². The van der Waals surface area contributed by atoms with Gasteiger partial charge in [-0.3, -0.25) is 0 Å². The summed E-state index contributed by atoms with van der Waals surface area (Å²) >= 11 is 0. The molecule has 0 rings (SSSR count). The molecule has 5 nitrogen and oxygen atoms in total. The Hall–Kier alpha value is 0.1000. The third-order valence-electron chi connectivity index (χ3n) is 2.87. The number of rotatable bonds is 9. The van der Waals surface area contributed by atoms with Crippen LogP contribution in [-0.2, 0) is 19.3 Å². The predicted molar refractivity (Wildman–Crippen MR) is 81.0 cm³/mol. The summed E-state index contributed by atoms with van der Waals surface area (Å²) in [6.07, 6.45) is 2.16. The van der Waals surface area contributed by atoms with Gasteiger partial charge in [0.1, 0.15) is 0 Å². The van der Waals surface area contributed by atoms with Crippen LogP contribution in [0.1, 0.15) is 27.2 Å². The van der Waals surface area contributed by atoms with Crippen LogP contribution < -0.4 is 0 Å². The molecular weight excluding hydrogens is 285 g/mol. The molecule has 0 aliphatic rings. The standard InChI is InChI=1S/C12H28NO4PS/c1-7-11(3)17-12(10-18(4,5)14)9-13(8-2)19(6,15)16/h11-12H,7-10H2,1-6H3/t11-,12-/m0/s1. The number of hydrogen-bond acceptors (Lipinski definition) is 4. The maximum Gasteiger partial charge on any atom is 0.211 e. The molecule has 0 saturated carbocycles. The summed E-state index contributed by atoms with van der Waals surface area (Å²) in [7, 11) is -5.50. The van der Waals surface area contributed by atoms with E-state index in [-0.39, 0.29) is 18.8 Å². The van der Waals surface area contributed by atoms with Gasteiger partial charge in [-0.05, 0) is 26.7 Å². The Labute approximate surface area is 118 Å². The molecule has 0 N–H and O–H groups in total. The van der Waals surface area contributed by atoms with Crippen LogP contribution in [0.15, 0.2) is 0 Å². The van der Waals surface area contributed by atoms with Crippen molar-refractivity contribution in [2.75, 3.05) is 38.8 Å². The highest BCUT2D eigenvalue weighted by Gasteiger charge is 2.25. The zero-order valence-electron chi connectivity index (χ0n) is 12.9. The third-order valence-corrected chi connectivity index (χ3v) is 5.50. The zero-order valence-corrected chi connectivity index (χ0v) is 14.6. The summed E-state index contributed by atoms with van der Waals surface area (Å²) in [5, 5.41) is 0. The summed E-state index contributed by atoms with van der Waals surface area (Å²) < 4.78 is 42.4. The minimum Gasteiger partial charge on any atom is -0.373 e. The number of ether oxygens (including phenoxy) is 1. The maximum atomic E-state index is 12.0. The van der Waals surface area contributed by atoms with E-state index in [1.807, 2.05) is 13.8 Å². The van der Waals surface area contributed by atoms with Gasteiger partial charge in [0.2, 0.25) is 10.0 Å². The highest BCUT2D eigenvalue weighted by Crippen LogP contribution is 2.37. The van der Waals surface area contributed by atoms with Crippen LogP contribution in [0.5, 0.6) is 0 Å². The first-order chi connectivity index (χ1) is 8.49. The quantitative estimate of drug-likeness (QED) is 0.611. The van der Waals surface area contributed by atoms with Crippen LogP contribution in [0.25, 0.3) is 0 Å². The van der Waals surface area contributed by atoms with Gasteiger partial charge < -0.3 is 9.30 Å². The molecule has 116 valence electrons. The smallest absolute Gasteiger partial charge is 0.211 e. The van der Waals surface area contributed by atoms with Crippen LogP contribution in [0.4, 0.5) is 0 Å². The third kappa shape index (κ3) is 8.79. The largest absolute Gasteiger partial charge is 0.373 e. The fraction of sp³-hybridized carbons (Fsp3) is 1.00. The molecular formula is C12H28NO4PS. The van der Waals surface area contributed by atoms with Crippen molar-refractivity contribution in [2.45, 2.75) is 39.4 Å². The predicted octanol–water partition coefficient (Wildman–Crippen LogP) is 2.07. The minimum absolute atomic E-state index is 0.0369. The van der Waals surface area contributed by atoms with Crippen molar-refractivity contribution in [1.29, 1.82) is 0 Å². The van der Waals surface area contributed by atoms with Gasteiger partial charge in [0.05, 0.1) is 25.6 Å². The van der Waals surface area contributed by atoms with Gasteiger partial charge in [-0.25, -0.2) is 8.42 Å². The number of nitrogens with zero attached hydrogens (tertiary/aromatic N) is 1. The van der Waals surface area contributed by atoms with E-state index in [0.29, 0.717) is 12.7 Å². The van der Waals surface area contributed by atoms with Crippen molar-refractivity contribution in [1.82, 2.24) is 4.31 Å². The second kappa shape index (κ2) is 7.77. The van der Waals surface area contributed by atoms with E-state index in [9.17, 15) is 13.0 Å². The second-order valence-electron chi connectivity index (χ2n) is 5.45. The molecule has 0 aromatic heterocycles. The molecule has 0 fully saturated rings. The Kier molecular flexibility index (Phi) is 7.81. The van der Waals surface area contributed by atoms with Crippen molar-refractivity contribution < 1.29 is 17.7 Å². The Morgan fingerprint density at radius 2 is 1.79 bits per heavy atom. The molecule has 7 heteroatoms. The molecule has 0 saturated heterocycles. The van der Waals surface area contributed by atoms with Gasteiger partial charge >= 0.3 is 0 Å². The first-order valence-corrected chi connectivity index (χ1v) is 11.3.